The lowest BCUT2D eigenvalue weighted by Crippen LogP contribution is -2.15. The van der Waals surface area contributed by atoms with Gasteiger partial charge in [0.15, 0.2) is 5.82 Å². The molecule has 0 unspecified atom stereocenters. The normalized spacial score (nSPS) is 11.1. The highest BCUT2D eigenvalue weighted by Crippen LogP contribution is 2.10. The lowest BCUT2D eigenvalue weighted by Gasteiger charge is -2.05. The van der Waals surface area contributed by atoms with Gasteiger partial charge in [-0.15, -0.1) is 0 Å². The van der Waals surface area contributed by atoms with E-state index in [9.17, 15) is 0 Å². The van der Waals surface area contributed by atoms with E-state index in [1.54, 1.807) is 0 Å². The fraction of sp³-hybridized carbons (Fsp3) is 0.429. The predicted molar refractivity (Wildman–Crippen MR) is 74.8 cm³/mol. The van der Waals surface area contributed by atoms with Crippen molar-refractivity contribution in [1.82, 2.24) is 15.0 Å². The molecule has 5 heteroatoms. The first-order valence-corrected chi connectivity index (χ1v) is 6.44. The molecule has 0 fully saturated rings. The van der Waals surface area contributed by atoms with E-state index in [0.717, 1.165) is 37.3 Å². The minimum Gasteiger partial charge on any atom is -0.399 e. The molecule has 1 aromatic heterocycles. The zero-order valence-corrected chi connectivity index (χ0v) is 11.5. The van der Waals surface area contributed by atoms with Crippen LogP contribution in [0.3, 0.4) is 0 Å². The van der Waals surface area contributed by atoms with Crippen molar-refractivity contribution in [2.75, 3.05) is 26.4 Å². The topological polar surface area (TPSA) is 68.2 Å². The summed E-state index contributed by atoms with van der Waals surface area (Å²) in [5.41, 5.74) is 7.72. The summed E-state index contributed by atoms with van der Waals surface area (Å²) in [6.07, 6.45) is 2.42. The van der Waals surface area contributed by atoms with E-state index in [1.807, 2.05) is 32.3 Å². The highest BCUT2D eigenvalue weighted by molar-refractivity contribution is 5.40. The Morgan fingerprint density at radius 2 is 2.05 bits per heavy atom. The van der Waals surface area contributed by atoms with E-state index in [2.05, 4.69) is 21.1 Å². The maximum Gasteiger partial charge on any atom is 0.226 e. The van der Waals surface area contributed by atoms with Gasteiger partial charge in [0.05, 0.1) is 0 Å². The van der Waals surface area contributed by atoms with Gasteiger partial charge in [-0.1, -0.05) is 17.3 Å². The average Bonchev–Trinajstić information content (AvgIpc) is 2.82. The summed E-state index contributed by atoms with van der Waals surface area (Å²) in [7, 11) is 4.06. The van der Waals surface area contributed by atoms with Gasteiger partial charge in [0.2, 0.25) is 5.89 Å². The Morgan fingerprint density at radius 3 is 2.79 bits per heavy atom. The summed E-state index contributed by atoms with van der Waals surface area (Å²) in [5.74, 6) is 1.47. The molecule has 5 nitrogen and oxygen atoms in total. The molecule has 0 aliphatic carbocycles. The number of nitrogen functional groups attached to an aromatic ring is 1. The first-order valence-electron chi connectivity index (χ1n) is 6.44. The van der Waals surface area contributed by atoms with Gasteiger partial charge < -0.3 is 15.2 Å². The molecule has 0 amide bonds. The fourth-order valence-electron chi connectivity index (χ4n) is 1.82. The molecule has 0 aliphatic rings. The maximum absolute atomic E-state index is 5.74. The second-order valence-corrected chi connectivity index (χ2v) is 4.90. The molecule has 0 atom stereocenters. The monoisotopic (exact) mass is 260 g/mol. The van der Waals surface area contributed by atoms with Crippen LogP contribution in [0.1, 0.15) is 17.3 Å². The van der Waals surface area contributed by atoms with Crippen molar-refractivity contribution in [1.29, 1.82) is 0 Å². The number of nitrogens with two attached hydrogens (primary N) is 1. The van der Waals surface area contributed by atoms with Crippen LogP contribution >= 0.6 is 0 Å². The van der Waals surface area contributed by atoms with Crippen molar-refractivity contribution >= 4 is 5.69 Å². The van der Waals surface area contributed by atoms with E-state index < -0.39 is 0 Å². The molecule has 0 saturated heterocycles. The number of hydrogen-bond acceptors (Lipinski definition) is 5. The molecule has 19 heavy (non-hydrogen) atoms. The van der Waals surface area contributed by atoms with Gasteiger partial charge in [0, 0.05) is 25.1 Å². The third-order valence-electron chi connectivity index (χ3n) is 2.87. The summed E-state index contributed by atoms with van der Waals surface area (Å²) in [6.45, 7) is 0.925. The Hall–Kier alpha value is -1.88. The van der Waals surface area contributed by atoms with Crippen LogP contribution in [-0.4, -0.2) is 35.7 Å². The lowest BCUT2D eigenvalue weighted by molar-refractivity contribution is 0.365. The van der Waals surface area contributed by atoms with Crippen LogP contribution in [0.2, 0.25) is 0 Å². The van der Waals surface area contributed by atoms with Gasteiger partial charge in [0.1, 0.15) is 0 Å². The maximum atomic E-state index is 5.74. The Morgan fingerprint density at radius 1 is 1.21 bits per heavy atom. The summed E-state index contributed by atoms with van der Waals surface area (Å²) >= 11 is 0. The van der Waals surface area contributed by atoms with Gasteiger partial charge in [0.25, 0.3) is 0 Å². The highest BCUT2D eigenvalue weighted by atomic mass is 16.5. The molecule has 0 radical (unpaired) electrons. The van der Waals surface area contributed by atoms with Gasteiger partial charge in [-0.05, 0) is 38.2 Å². The van der Waals surface area contributed by atoms with E-state index >= 15 is 0 Å². The number of anilines is 1. The van der Waals surface area contributed by atoms with Crippen LogP contribution < -0.4 is 5.73 Å². The summed E-state index contributed by atoms with van der Waals surface area (Å²) in [4.78, 5) is 6.48. The second-order valence-electron chi connectivity index (χ2n) is 4.90. The van der Waals surface area contributed by atoms with E-state index in [0.29, 0.717) is 5.89 Å². The molecule has 0 bridgehead atoms. The number of aromatic nitrogens is 2. The number of hydrogen-bond donors (Lipinski definition) is 1. The summed E-state index contributed by atoms with van der Waals surface area (Å²) < 4.78 is 5.24. The molecule has 2 aromatic rings. The molecule has 0 spiro atoms. The number of rotatable bonds is 6. The van der Waals surface area contributed by atoms with Crippen LogP contribution in [0, 0.1) is 0 Å². The molecule has 102 valence electrons. The smallest absolute Gasteiger partial charge is 0.226 e. The minimum absolute atomic E-state index is 0.691. The van der Waals surface area contributed by atoms with Gasteiger partial charge >= 0.3 is 0 Å². The van der Waals surface area contributed by atoms with Crippen LogP contribution in [0.15, 0.2) is 28.8 Å². The van der Waals surface area contributed by atoms with Crippen LogP contribution in [0.5, 0.6) is 0 Å². The number of likely N-dealkylation sites (N-methyl/N-ethyl adjacent to an activating group) is 1. The minimum atomic E-state index is 0.691. The summed E-state index contributed by atoms with van der Waals surface area (Å²) in [6, 6.07) is 7.87. The predicted octanol–water partition coefficient (Wildman–Crippen LogP) is 1.54. The zero-order chi connectivity index (χ0) is 13.7. The van der Waals surface area contributed by atoms with E-state index in [-0.39, 0.29) is 0 Å². The van der Waals surface area contributed by atoms with Crippen molar-refractivity contribution in [3.8, 4) is 0 Å². The largest absolute Gasteiger partial charge is 0.399 e. The third-order valence-corrected chi connectivity index (χ3v) is 2.87. The average molecular weight is 260 g/mol. The fourth-order valence-corrected chi connectivity index (χ4v) is 1.82. The Labute approximate surface area is 113 Å². The molecule has 1 heterocycles. The zero-order valence-electron chi connectivity index (χ0n) is 11.5. The second kappa shape index (κ2) is 6.33. The van der Waals surface area contributed by atoms with Crippen LogP contribution in [0.4, 0.5) is 5.69 Å². The van der Waals surface area contributed by atoms with Gasteiger partial charge in [-0.3, -0.25) is 0 Å². The molecule has 2 N–H and O–H groups in total. The SMILES string of the molecule is CN(C)CCc1noc(CCc2cccc(N)c2)n1. The number of aryl methyl sites for hydroxylation is 2. The van der Waals surface area contributed by atoms with Crippen LogP contribution in [0.25, 0.3) is 0 Å². The molecule has 0 saturated carbocycles. The van der Waals surface area contributed by atoms with Gasteiger partial charge in [-0.25, -0.2) is 0 Å². The van der Waals surface area contributed by atoms with Crippen molar-refractivity contribution < 1.29 is 4.52 Å². The Kier molecular flexibility index (Phi) is 4.52. The Balaban J connectivity index is 1.86. The third kappa shape index (κ3) is 4.37. The quantitative estimate of drug-likeness (QED) is 0.798. The standard InChI is InChI=1S/C14H20N4O/c1-18(2)9-8-13-16-14(19-17-13)7-6-11-4-3-5-12(15)10-11/h3-5,10H,6-9,15H2,1-2H3. The van der Waals surface area contributed by atoms with E-state index in [1.165, 1.54) is 5.56 Å². The number of nitrogens with zero attached hydrogens (tertiary/aromatic N) is 3. The number of benzene rings is 1. The first-order chi connectivity index (χ1) is 9.13. The molecule has 1 aromatic carbocycles. The van der Waals surface area contributed by atoms with Crippen molar-refractivity contribution in [3.63, 3.8) is 0 Å². The molecule has 2 rings (SSSR count). The highest BCUT2D eigenvalue weighted by Gasteiger charge is 2.07. The lowest BCUT2D eigenvalue weighted by atomic mass is 10.1. The molecule has 0 aliphatic heterocycles. The molecular formula is C14H20N4O. The van der Waals surface area contributed by atoms with Crippen molar-refractivity contribution in [3.05, 3.63) is 41.5 Å². The Bertz CT molecular complexity index is 522. The van der Waals surface area contributed by atoms with Crippen LogP contribution in [-0.2, 0) is 19.3 Å². The summed E-state index contributed by atoms with van der Waals surface area (Å²) in [5, 5.41) is 3.98. The molecular weight excluding hydrogens is 240 g/mol. The van der Waals surface area contributed by atoms with Gasteiger partial charge in [-0.2, -0.15) is 4.98 Å². The van der Waals surface area contributed by atoms with E-state index in [4.69, 9.17) is 10.3 Å². The van der Waals surface area contributed by atoms with Crippen molar-refractivity contribution in [2.45, 2.75) is 19.3 Å². The first kappa shape index (κ1) is 13.5. The van der Waals surface area contributed by atoms with Crippen molar-refractivity contribution in [2.24, 2.45) is 0 Å².